The highest BCUT2D eigenvalue weighted by molar-refractivity contribution is 7.80. The Balaban J connectivity index is 2.59. The smallest absolute Gasteiger partial charge is 0.230 e. The molecule has 0 saturated heterocycles. The summed E-state index contributed by atoms with van der Waals surface area (Å²) in [4.78, 5) is 12.3. The number of thiocarbonyl (C=S) groups is 1. The normalized spacial score (nSPS) is 12.0. The highest BCUT2D eigenvalue weighted by Crippen LogP contribution is 2.13. The molecular weight excluding hydrogens is 260 g/mol. The van der Waals surface area contributed by atoms with Crippen LogP contribution in [-0.2, 0) is 11.3 Å². The third-order valence-electron chi connectivity index (χ3n) is 2.88. The van der Waals surface area contributed by atoms with Crippen LogP contribution in [0.3, 0.4) is 0 Å². The number of ether oxygens (including phenoxy) is 1. The van der Waals surface area contributed by atoms with Gasteiger partial charge in [0.1, 0.15) is 5.75 Å². The molecule has 0 aliphatic heterocycles. The third kappa shape index (κ3) is 4.52. The molecule has 5 heteroatoms. The molecule has 1 rings (SSSR count). The SMILES string of the molecule is COc1ccc(CNC(=O)C(C(N)=S)C(C)C)cc1. The van der Waals surface area contributed by atoms with Crippen LogP contribution in [0.15, 0.2) is 24.3 Å². The number of hydrogen-bond donors (Lipinski definition) is 2. The van der Waals surface area contributed by atoms with Crippen LogP contribution in [0.2, 0.25) is 0 Å². The fourth-order valence-electron chi connectivity index (χ4n) is 1.80. The number of amides is 1. The first-order valence-corrected chi connectivity index (χ1v) is 6.56. The van der Waals surface area contributed by atoms with Crippen molar-refractivity contribution in [2.24, 2.45) is 17.6 Å². The molecule has 0 aliphatic carbocycles. The lowest BCUT2D eigenvalue weighted by atomic mass is 9.95. The second-order valence-electron chi connectivity index (χ2n) is 4.69. The van der Waals surface area contributed by atoms with Crippen molar-refractivity contribution < 1.29 is 9.53 Å². The van der Waals surface area contributed by atoms with E-state index in [4.69, 9.17) is 22.7 Å². The van der Waals surface area contributed by atoms with Crippen molar-refractivity contribution in [3.63, 3.8) is 0 Å². The van der Waals surface area contributed by atoms with Gasteiger partial charge in [0.25, 0.3) is 0 Å². The Morgan fingerprint density at radius 1 is 1.37 bits per heavy atom. The Kier molecular flexibility index (Phi) is 5.76. The molecule has 1 aromatic rings. The van der Waals surface area contributed by atoms with Crippen LogP contribution in [0, 0.1) is 11.8 Å². The van der Waals surface area contributed by atoms with Gasteiger partial charge >= 0.3 is 0 Å². The number of methoxy groups -OCH3 is 1. The van der Waals surface area contributed by atoms with E-state index in [2.05, 4.69) is 5.32 Å². The molecule has 1 amide bonds. The molecule has 19 heavy (non-hydrogen) atoms. The molecule has 104 valence electrons. The van der Waals surface area contributed by atoms with E-state index < -0.39 is 5.92 Å². The Hall–Kier alpha value is -1.62. The second kappa shape index (κ2) is 7.09. The summed E-state index contributed by atoms with van der Waals surface area (Å²) < 4.78 is 5.07. The van der Waals surface area contributed by atoms with Gasteiger partial charge in [0, 0.05) is 6.54 Å². The van der Waals surface area contributed by atoms with Crippen LogP contribution < -0.4 is 15.8 Å². The molecule has 3 N–H and O–H groups in total. The average Bonchev–Trinajstić information content (AvgIpc) is 2.36. The summed E-state index contributed by atoms with van der Waals surface area (Å²) in [6.07, 6.45) is 0. The third-order valence-corrected chi connectivity index (χ3v) is 3.14. The maximum atomic E-state index is 12.0. The summed E-state index contributed by atoms with van der Waals surface area (Å²) in [5.74, 6) is 0.332. The van der Waals surface area contributed by atoms with Gasteiger partial charge in [-0.2, -0.15) is 0 Å². The van der Waals surface area contributed by atoms with Crippen LogP contribution in [0.4, 0.5) is 0 Å². The fraction of sp³-hybridized carbons (Fsp3) is 0.429. The van der Waals surface area contributed by atoms with Gasteiger partial charge in [-0.3, -0.25) is 4.79 Å². The maximum absolute atomic E-state index is 12.0. The van der Waals surface area contributed by atoms with Crippen LogP contribution in [-0.4, -0.2) is 18.0 Å². The predicted molar refractivity (Wildman–Crippen MR) is 80.0 cm³/mol. The van der Waals surface area contributed by atoms with Gasteiger partial charge in [0.2, 0.25) is 5.91 Å². The molecule has 0 spiro atoms. The predicted octanol–water partition coefficient (Wildman–Crippen LogP) is 1.87. The highest BCUT2D eigenvalue weighted by Gasteiger charge is 2.24. The zero-order valence-electron chi connectivity index (χ0n) is 11.5. The minimum Gasteiger partial charge on any atom is -0.497 e. The first-order valence-electron chi connectivity index (χ1n) is 6.15. The summed E-state index contributed by atoms with van der Waals surface area (Å²) in [6.45, 7) is 4.31. The Morgan fingerprint density at radius 3 is 2.37 bits per heavy atom. The second-order valence-corrected chi connectivity index (χ2v) is 5.16. The van der Waals surface area contributed by atoms with Crippen molar-refractivity contribution in [2.75, 3.05) is 7.11 Å². The van der Waals surface area contributed by atoms with Crippen molar-refractivity contribution in [3.8, 4) is 5.75 Å². The maximum Gasteiger partial charge on any atom is 0.230 e. The van der Waals surface area contributed by atoms with E-state index >= 15 is 0 Å². The zero-order valence-corrected chi connectivity index (χ0v) is 12.3. The Labute approximate surface area is 119 Å². The van der Waals surface area contributed by atoms with Crippen LogP contribution >= 0.6 is 12.2 Å². The molecule has 0 aliphatic rings. The first kappa shape index (κ1) is 15.4. The lowest BCUT2D eigenvalue weighted by Crippen LogP contribution is -2.40. The minimum atomic E-state index is -0.423. The van der Waals surface area contributed by atoms with Crippen molar-refractivity contribution in [1.82, 2.24) is 5.32 Å². The molecule has 0 aromatic heterocycles. The zero-order chi connectivity index (χ0) is 14.4. The van der Waals surface area contributed by atoms with E-state index in [-0.39, 0.29) is 16.8 Å². The molecular formula is C14H20N2O2S. The van der Waals surface area contributed by atoms with E-state index in [1.165, 1.54) is 0 Å². The van der Waals surface area contributed by atoms with Crippen LogP contribution in [0.5, 0.6) is 5.75 Å². The van der Waals surface area contributed by atoms with Gasteiger partial charge in [0.15, 0.2) is 0 Å². The highest BCUT2D eigenvalue weighted by atomic mass is 32.1. The summed E-state index contributed by atoms with van der Waals surface area (Å²) >= 11 is 4.93. The van der Waals surface area contributed by atoms with Crippen molar-refractivity contribution in [1.29, 1.82) is 0 Å². The fourth-order valence-corrected chi connectivity index (χ4v) is 2.18. The van der Waals surface area contributed by atoms with Crippen molar-refractivity contribution >= 4 is 23.1 Å². The van der Waals surface area contributed by atoms with E-state index in [0.717, 1.165) is 11.3 Å². The molecule has 4 nitrogen and oxygen atoms in total. The van der Waals surface area contributed by atoms with Crippen LogP contribution in [0.25, 0.3) is 0 Å². The number of carbonyl (C=O) groups excluding carboxylic acids is 1. The number of benzene rings is 1. The van der Waals surface area contributed by atoms with Gasteiger partial charge in [-0.25, -0.2) is 0 Å². The summed E-state index contributed by atoms with van der Waals surface area (Å²) in [5, 5.41) is 2.85. The average molecular weight is 280 g/mol. The first-order chi connectivity index (χ1) is 8.95. The number of hydrogen-bond acceptors (Lipinski definition) is 3. The molecule has 0 bridgehead atoms. The summed E-state index contributed by atoms with van der Waals surface area (Å²) in [5.41, 5.74) is 6.60. The van der Waals surface area contributed by atoms with Gasteiger partial charge in [-0.05, 0) is 23.6 Å². The summed E-state index contributed by atoms with van der Waals surface area (Å²) in [7, 11) is 1.62. The number of nitrogens with one attached hydrogen (secondary N) is 1. The van der Waals surface area contributed by atoms with Gasteiger partial charge in [-0.15, -0.1) is 0 Å². The monoisotopic (exact) mass is 280 g/mol. The molecule has 1 atom stereocenters. The molecule has 1 aromatic carbocycles. The number of nitrogens with two attached hydrogens (primary N) is 1. The van der Waals surface area contributed by atoms with Crippen molar-refractivity contribution in [2.45, 2.75) is 20.4 Å². The molecule has 1 unspecified atom stereocenters. The van der Waals surface area contributed by atoms with Gasteiger partial charge < -0.3 is 15.8 Å². The topological polar surface area (TPSA) is 64.3 Å². The van der Waals surface area contributed by atoms with E-state index in [1.807, 2.05) is 38.1 Å². The number of rotatable bonds is 6. The number of carbonyl (C=O) groups is 1. The lowest BCUT2D eigenvalue weighted by molar-refractivity contribution is -0.124. The largest absolute Gasteiger partial charge is 0.497 e. The minimum absolute atomic E-state index is 0.0911. The molecule has 0 saturated carbocycles. The molecule has 0 heterocycles. The van der Waals surface area contributed by atoms with E-state index in [0.29, 0.717) is 6.54 Å². The molecule has 0 radical (unpaired) electrons. The lowest BCUT2D eigenvalue weighted by Gasteiger charge is -2.18. The van der Waals surface area contributed by atoms with Gasteiger partial charge in [-0.1, -0.05) is 38.2 Å². The Morgan fingerprint density at radius 2 is 1.95 bits per heavy atom. The quantitative estimate of drug-likeness (QED) is 0.781. The van der Waals surface area contributed by atoms with Gasteiger partial charge in [0.05, 0.1) is 18.0 Å². The molecule has 0 fully saturated rings. The van der Waals surface area contributed by atoms with E-state index in [1.54, 1.807) is 7.11 Å². The Bertz CT molecular complexity index is 443. The van der Waals surface area contributed by atoms with Crippen molar-refractivity contribution in [3.05, 3.63) is 29.8 Å². The standard InChI is InChI=1S/C14H20N2O2S/c1-9(2)12(13(15)19)14(17)16-8-10-4-6-11(18-3)7-5-10/h4-7,9,12H,8H2,1-3H3,(H2,15,19)(H,16,17). The van der Waals surface area contributed by atoms with E-state index in [9.17, 15) is 4.79 Å². The summed E-state index contributed by atoms with van der Waals surface area (Å²) in [6, 6.07) is 7.53. The van der Waals surface area contributed by atoms with Crippen LogP contribution in [0.1, 0.15) is 19.4 Å².